The molecule has 1 aliphatic heterocycles. The molecule has 0 aromatic heterocycles. The van der Waals surface area contributed by atoms with Crippen LogP contribution >= 0.6 is 0 Å². The predicted octanol–water partition coefficient (Wildman–Crippen LogP) is 0.216. The molecule has 0 saturated carbocycles. The fourth-order valence-electron chi connectivity index (χ4n) is 1.85. The van der Waals surface area contributed by atoms with E-state index in [1.54, 1.807) is 6.07 Å². The van der Waals surface area contributed by atoms with Crippen LogP contribution in [0.1, 0.15) is 19.4 Å². The fraction of sp³-hybridized carbons (Fsp3) is 0.333. The first-order valence-electron chi connectivity index (χ1n) is 4.26. The third-order valence-electron chi connectivity index (χ3n) is 2.41. The Bertz CT molecular complexity index is 363. The molecule has 0 fully saturated rings. The Morgan fingerprint density at radius 1 is 1.46 bits per heavy atom. The lowest BCUT2D eigenvalue weighted by Crippen LogP contribution is -2.17. The lowest BCUT2D eigenvalue weighted by atomic mass is 9.84. The summed E-state index contributed by atoms with van der Waals surface area (Å²) in [6.45, 7) is 3.88. The summed E-state index contributed by atoms with van der Waals surface area (Å²) >= 11 is 0. The predicted molar refractivity (Wildman–Crippen MR) is 53.4 cm³/mol. The summed E-state index contributed by atoms with van der Waals surface area (Å²) < 4.78 is 5.53. The van der Waals surface area contributed by atoms with Crippen LogP contribution in [-0.2, 0) is 10.3 Å². The summed E-state index contributed by atoms with van der Waals surface area (Å²) in [6.07, 6.45) is 0. The maximum absolute atomic E-state index is 9.69. The lowest BCUT2D eigenvalue weighted by Gasteiger charge is -2.20. The molecule has 4 heteroatoms. The minimum absolute atomic E-state index is 0.234. The number of rotatable bonds is 0. The number of benzene rings is 1. The number of hydrogen-bond acceptors (Lipinski definition) is 3. The van der Waals surface area contributed by atoms with Gasteiger partial charge in [-0.2, -0.15) is 0 Å². The van der Waals surface area contributed by atoms with Gasteiger partial charge in [-0.15, -0.1) is 0 Å². The summed E-state index contributed by atoms with van der Waals surface area (Å²) in [6, 6.07) is 3.42. The highest BCUT2D eigenvalue weighted by atomic mass is 16.5. The molecule has 1 heterocycles. The summed E-state index contributed by atoms with van der Waals surface area (Å²) in [5.74, 6) is 0.234. The van der Waals surface area contributed by atoms with Crippen molar-refractivity contribution >= 4 is 18.6 Å². The van der Waals surface area contributed by atoms with Crippen LogP contribution in [0.15, 0.2) is 12.1 Å². The number of fused-ring (bicyclic) bond motifs is 1. The number of phenolic OH excluding ortho intramolecular Hbond substituents is 1. The Balaban J connectivity index is 2.65. The van der Waals surface area contributed by atoms with Crippen molar-refractivity contribution in [2.45, 2.75) is 19.4 Å². The largest absolute Gasteiger partial charge is 0.508 e. The van der Waals surface area contributed by atoms with E-state index in [1.165, 1.54) is 0 Å². The Kier molecular flexibility index (Phi) is 1.57. The molecule has 0 saturated heterocycles. The normalized spacial score (nSPS) is 18.0. The van der Waals surface area contributed by atoms with Gasteiger partial charge in [0.2, 0.25) is 0 Å². The molecule has 13 heavy (non-hydrogen) atoms. The van der Waals surface area contributed by atoms with E-state index >= 15 is 0 Å². The van der Waals surface area contributed by atoms with Crippen molar-refractivity contribution in [2.75, 3.05) is 5.73 Å². The van der Waals surface area contributed by atoms with Crippen LogP contribution in [-0.4, -0.2) is 12.6 Å². The van der Waals surface area contributed by atoms with Crippen molar-refractivity contribution in [1.29, 1.82) is 0 Å². The van der Waals surface area contributed by atoms with E-state index in [0.717, 1.165) is 11.0 Å². The van der Waals surface area contributed by atoms with Gasteiger partial charge in [0.05, 0.1) is 5.60 Å². The molecule has 1 aromatic carbocycles. The fourth-order valence-corrected chi connectivity index (χ4v) is 1.85. The molecular formula is C9H12BNO2. The first-order chi connectivity index (χ1) is 6.00. The summed E-state index contributed by atoms with van der Waals surface area (Å²) in [5.41, 5.74) is 7.64. The number of phenols is 1. The van der Waals surface area contributed by atoms with Gasteiger partial charge in [-0.1, -0.05) is 0 Å². The van der Waals surface area contributed by atoms with Gasteiger partial charge in [0, 0.05) is 17.3 Å². The first-order valence-corrected chi connectivity index (χ1v) is 4.26. The standard InChI is InChI=1S/C9H12BNO2/c1-9(2)8-6(10-13-9)3-5(11)4-7(8)12/h3-4,10,12H,11H2,1-2H3. The third kappa shape index (κ3) is 1.18. The molecule has 3 nitrogen and oxygen atoms in total. The quantitative estimate of drug-likeness (QED) is 0.440. The molecule has 1 aliphatic rings. The Hall–Kier alpha value is -1.16. The minimum atomic E-state index is -0.396. The third-order valence-corrected chi connectivity index (χ3v) is 2.41. The topological polar surface area (TPSA) is 55.5 Å². The van der Waals surface area contributed by atoms with Crippen LogP contribution in [0.2, 0.25) is 0 Å². The smallest absolute Gasteiger partial charge is 0.310 e. The van der Waals surface area contributed by atoms with Gasteiger partial charge >= 0.3 is 7.48 Å². The first kappa shape index (κ1) is 8.44. The maximum atomic E-state index is 9.69. The van der Waals surface area contributed by atoms with Gasteiger partial charge in [0.25, 0.3) is 0 Å². The van der Waals surface area contributed by atoms with E-state index < -0.39 is 5.60 Å². The Morgan fingerprint density at radius 2 is 2.15 bits per heavy atom. The van der Waals surface area contributed by atoms with E-state index in [9.17, 15) is 5.11 Å². The second-order valence-electron chi connectivity index (χ2n) is 3.87. The van der Waals surface area contributed by atoms with Gasteiger partial charge in [-0.3, -0.25) is 0 Å². The van der Waals surface area contributed by atoms with Crippen LogP contribution in [0.3, 0.4) is 0 Å². The van der Waals surface area contributed by atoms with E-state index in [-0.39, 0.29) is 5.75 Å². The number of hydrogen-bond donors (Lipinski definition) is 2. The molecule has 1 aromatic rings. The summed E-state index contributed by atoms with van der Waals surface area (Å²) in [4.78, 5) is 0. The zero-order valence-corrected chi connectivity index (χ0v) is 7.79. The molecule has 3 N–H and O–H groups in total. The van der Waals surface area contributed by atoms with Crippen LogP contribution in [0.25, 0.3) is 0 Å². The summed E-state index contributed by atoms with van der Waals surface area (Å²) in [7, 11) is 0.529. The van der Waals surface area contributed by atoms with Gasteiger partial charge < -0.3 is 15.5 Å². The van der Waals surface area contributed by atoms with Crippen molar-refractivity contribution in [1.82, 2.24) is 0 Å². The number of nitrogen functional groups attached to an aromatic ring is 1. The highest BCUT2D eigenvalue weighted by Crippen LogP contribution is 2.34. The second-order valence-corrected chi connectivity index (χ2v) is 3.87. The van der Waals surface area contributed by atoms with Crippen LogP contribution in [0, 0.1) is 0 Å². The highest BCUT2D eigenvalue weighted by molar-refractivity contribution is 6.49. The van der Waals surface area contributed by atoms with Crippen LogP contribution in [0.4, 0.5) is 5.69 Å². The minimum Gasteiger partial charge on any atom is -0.508 e. The average Bonchev–Trinajstić information content (AvgIpc) is 2.26. The van der Waals surface area contributed by atoms with Gasteiger partial charge in [-0.05, 0) is 25.4 Å². The average molecular weight is 177 g/mol. The zero-order chi connectivity index (χ0) is 9.64. The Morgan fingerprint density at radius 3 is 2.85 bits per heavy atom. The Labute approximate surface area is 77.8 Å². The van der Waals surface area contributed by atoms with E-state index in [2.05, 4.69) is 0 Å². The zero-order valence-electron chi connectivity index (χ0n) is 7.79. The van der Waals surface area contributed by atoms with Crippen LogP contribution in [0.5, 0.6) is 5.75 Å². The van der Waals surface area contributed by atoms with Crippen molar-refractivity contribution in [3.8, 4) is 5.75 Å². The molecule has 2 rings (SSSR count). The van der Waals surface area contributed by atoms with Crippen molar-refractivity contribution in [2.24, 2.45) is 0 Å². The molecule has 0 bridgehead atoms. The SMILES string of the molecule is CC1(C)OBc2cc(N)cc(O)c21. The van der Waals surface area contributed by atoms with E-state index in [4.69, 9.17) is 10.4 Å². The van der Waals surface area contributed by atoms with E-state index in [0.29, 0.717) is 13.2 Å². The molecule has 68 valence electrons. The number of anilines is 1. The molecule has 0 unspecified atom stereocenters. The number of nitrogens with two attached hydrogens (primary N) is 1. The summed E-state index contributed by atoms with van der Waals surface area (Å²) in [5, 5.41) is 9.69. The second kappa shape index (κ2) is 2.42. The molecule has 0 atom stereocenters. The monoisotopic (exact) mass is 177 g/mol. The highest BCUT2D eigenvalue weighted by Gasteiger charge is 2.34. The van der Waals surface area contributed by atoms with Gasteiger partial charge in [-0.25, -0.2) is 0 Å². The van der Waals surface area contributed by atoms with Crippen molar-refractivity contribution in [3.63, 3.8) is 0 Å². The number of aromatic hydroxyl groups is 1. The molecule has 0 aliphatic carbocycles. The van der Waals surface area contributed by atoms with Crippen LogP contribution < -0.4 is 11.2 Å². The van der Waals surface area contributed by atoms with Gasteiger partial charge in [0.15, 0.2) is 0 Å². The molecule has 0 amide bonds. The molecular weight excluding hydrogens is 165 g/mol. The van der Waals surface area contributed by atoms with Crippen molar-refractivity contribution in [3.05, 3.63) is 17.7 Å². The maximum Gasteiger partial charge on any atom is 0.310 e. The lowest BCUT2D eigenvalue weighted by molar-refractivity contribution is 0.128. The van der Waals surface area contributed by atoms with Gasteiger partial charge in [0.1, 0.15) is 5.75 Å². The molecule has 0 radical (unpaired) electrons. The van der Waals surface area contributed by atoms with E-state index in [1.807, 2.05) is 19.9 Å². The van der Waals surface area contributed by atoms with Crippen molar-refractivity contribution < 1.29 is 9.76 Å². The molecule has 0 spiro atoms.